The molecule has 10 heteroatoms. The highest BCUT2D eigenvalue weighted by Crippen LogP contribution is 2.48. The quantitative estimate of drug-likeness (QED) is 0.432. The number of amides is 1. The van der Waals surface area contributed by atoms with Crippen LogP contribution in [0.3, 0.4) is 0 Å². The van der Waals surface area contributed by atoms with Gasteiger partial charge < -0.3 is 23.7 Å². The first-order chi connectivity index (χ1) is 15.4. The van der Waals surface area contributed by atoms with E-state index in [1.807, 2.05) is 0 Å². The third-order valence-corrected chi connectivity index (χ3v) is 5.84. The Hall–Kier alpha value is -3.01. The first-order valence-corrected chi connectivity index (χ1v) is 10.6. The molecule has 2 aliphatic heterocycles. The van der Waals surface area contributed by atoms with E-state index in [-0.39, 0.29) is 38.5 Å². The lowest BCUT2D eigenvalue weighted by Gasteiger charge is -2.47. The van der Waals surface area contributed by atoms with E-state index >= 15 is 0 Å². The van der Waals surface area contributed by atoms with Crippen molar-refractivity contribution in [1.82, 2.24) is 10.0 Å². The van der Waals surface area contributed by atoms with Gasteiger partial charge in [-0.3, -0.25) is 19.4 Å². The zero-order valence-corrected chi connectivity index (χ0v) is 19.1. The van der Waals surface area contributed by atoms with Crippen LogP contribution < -0.4 is 14.2 Å². The zero-order chi connectivity index (χ0) is 23.5. The largest absolute Gasteiger partial charge is 0.493 e. The molecule has 1 aromatic rings. The average Bonchev–Trinajstić information content (AvgIpc) is 3.17. The van der Waals surface area contributed by atoms with E-state index in [0.29, 0.717) is 29.4 Å². The number of carbonyl (C=O) groups is 3. The van der Waals surface area contributed by atoms with E-state index in [1.54, 1.807) is 36.0 Å². The lowest BCUT2D eigenvalue weighted by molar-refractivity contribution is -0.192. The summed E-state index contributed by atoms with van der Waals surface area (Å²) in [5.74, 6) is -0.192. The SMILES string of the molecule is CCOC(=O)C1(C(=O)OCC)CC(c2cc(OC)c(OC)c(OC)c2)N2C(=O)CCN2C1. The molecule has 2 saturated heterocycles. The number of rotatable bonds is 8. The molecule has 176 valence electrons. The third kappa shape index (κ3) is 3.94. The minimum Gasteiger partial charge on any atom is -0.493 e. The van der Waals surface area contributed by atoms with Crippen molar-refractivity contribution in [1.29, 1.82) is 0 Å². The zero-order valence-electron chi connectivity index (χ0n) is 19.1. The second-order valence-electron chi connectivity index (χ2n) is 7.58. The summed E-state index contributed by atoms with van der Waals surface area (Å²) in [6, 6.07) is 2.81. The Bertz CT molecular complexity index is 844. The fourth-order valence-corrected chi connectivity index (χ4v) is 4.39. The molecular formula is C22H30N2O8. The van der Waals surface area contributed by atoms with Crippen molar-refractivity contribution < 1.29 is 38.1 Å². The minimum absolute atomic E-state index is 0.00550. The van der Waals surface area contributed by atoms with Gasteiger partial charge in [-0.1, -0.05) is 0 Å². The first kappa shape index (κ1) is 23.6. The number of hydrazine groups is 1. The molecule has 0 N–H and O–H groups in total. The Morgan fingerprint density at radius 2 is 1.56 bits per heavy atom. The summed E-state index contributed by atoms with van der Waals surface area (Å²) in [5.41, 5.74) is -0.935. The maximum absolute atomic E-state index is 13.1. The van der Waals surface area contributed by atoms with Crippen molar-refractivity contribution in [3.8, 4) is 17.2 Å². The van der Waals surface area contributed by atoms with Crippen LogP contribution in [0, 0.1) is 5.41 Å². The molecule has 2 fully saturated rings. The fraction of sp³-hybridized carbons (Fsp3) is 0.591. The van der Waals surface area contributed by atoms with Crippen molar-refractivity contribution in [3.05, 3.63) is 17.7 Å². The van der Waals surface area contributed by atoms with Crippen LogP contribution in [0.15, 0.2) is 12.1 Å². The normalized spacial score (nSPS) is 19.8. The average molecular weight is 450 g/mol. The number of methoxy groups -OCH3 is 3. The topological polar surface area (TPSA) is 104 Å². The maximum Gasteiger partial charge on any atom is 0.324 e. The Morgan fingerprint density at radius 3 is 2.03 bits per heavy atom. The van der Waals surface area contributed by atoms with Gasteiger partial charge in [0.2, 0.25) is 11.7 Å². The molecule has 0 radical (unpaired) electrons. The molecule has 2 aliphatic rings. The Morgan fingerprint density at radius 1 is 1.00 bits per heavy atom. The molecule has 2 heterocycles. The number of esters is 2. The van der Waals surface area contributed by atoms with Crippen LogP contribution in [0.25, 0.3) is 0 Å². The van der Waals surface area contributed by atoms with Crippen molar-refractivity contribution >= 4 is 17.8 Å². The molecule has 0 saturated carbocycles. The summed E-state index contributed by atoms with van der Waals surface area (Å²) in [7, 11) is 4.49. The summed E-state index contributed by atoms with van der Waals surface area (Å²) in [6.07, 6.45) is 0.286. The number of nitrogens with zero attached hydrogens (tertiary/aromatic N) is 2. The second kappa shape index (κ2) is 9.64. The standard InChI is InChI=1S/C22H30N2O8/c1-6-31-20(26)22(21(27)32-7-2)12-15(24-18(25)8-9-23(24)13-22)14-10-16(28-3)19(30-5)17(11-14)29-4/h10-11,15H,6-9,12-13H2,1-5H3. The van der Waals surface area contributed by atoms with E-state index in [4.69, 9.17) is 23.7 Å². The van der Waals surface area contributed by atoms with Gasteiger partial charge in [-0.15, -0.1) is 0 Å². The molecule has 1 atom stereocenters. The highest BCUT2D eigenvalue weighted by Gasteiger charge is 2.58. The molecule has 0 bridgehead atoms. The molecule has 3 rings (SSSR count). The molecule has 0 aromatic heterocycles. The summed E-state index contributed by atoms with van der Waals surface area (Å²) in [6.45, 7) is 4.01. The number of carbonyl (C=O) groups excluding carboxylic acids is 3. The Balaban J connectivity index is 2.15. The molecule has 32 heavy (non-hydrogen) atoms. The smallest absolute Gasteiger partial charge is 0.324 e. The Kier molecular flexibility index (Phi) is 7.12. The number of ether oxygens (including phenoxy) is 5. The van der Waals surface area contributed by atoms with Crippen molar-refractivity contribution in [3.63, 3.8) is 0 Å². The highest BCUT2D eigenvalue weighted by molar-refractivity contribution is 6.01. The second-order valence-corrected chi connectivity index (χ2v) is 7.58. The van der Waals surface area contributed by atoms with Gasteiger partial charge in [0.15, 0.2) is 16.9 Å². The summed E-state index contributed by atoms with van der Waals surface area (Å²) < 4.78 is 26.9. The number of hydrogen-bond acceptors (Lipinski definition) is 9. The third-order valence-electron chi connectivity index (χ3n) is 5.84. The van der Waals surface area contributed by atoms with E-state index < -0.39 is 23.4 Å². The van der Waals surface area contributed by atoms with Crippen LogP contribution in [0.5, 0.6) is 17.2 Å². The molecule has 1 amide bonds. The van der Waals surface area contributed by atoms with Crippen LogP contribution in [-0.2, 0) is 23.9 Å². The number of fused-ring (bicyclic) bond motifs is 1. The van der Waals surface area contributed by atoms with Gasteiger partial charge in [0.25, 0.3) is 0 Å². The van der Waals surface area contributed by atoms with Gasteiger partial charge in [0, 0.05) is 25.9 Å². The van der Waals surface area contributed by atoms with E-state index in [9.17, 15) is 14.4 Å². The number of hydrogen-bond donors (Lipinski definition) is 0. The number of benzene rings is 1. The van der Waals surface area contributed by atoms with Crippen molar-refractivity contribution in [2.45, 2.75) is 32.7 Å². The van der Waals surface area contributed by atoms with Crippen LogP contribution in [0.1, 0.15) is 38.3 Å². The molecule has 0 aliphatic carbocycles. The minimum atomic E-state index is -1.57. The molecule has 10 nitrogen and oxygen atoms in total. The fourth-order valence-electron chi connectivity index (χ4n) is 4.39. The molecular weight excluding hydrogens is 420 g/mol. The van der Waals surface area contributed by atoms with E-state index in [2.05, 4.69) is 0 Å². The van der Waals surface area contributed by atoms with Gasteiger partial charge in [0.05, 0.1) is 40.6 Å². The Labute approximate surface area is 187 Å². The van der Waals surface area contributed by atoms with Crippen LogP contribution in [0.4, 0.5) is 0 Å². The predicted octanol–water partition coefficient (Wildman–Crippen LogP) is 1.72. The monoisotopic (exact) mass is 450 g/mol. The summed E-state index contributed by atoms with van der Waals surface area (Å²) in [4.78, 5) is 39.0. The van der Waals surface area contributed by atoms with Crippen molar-refractivity contribution in [2.75, 3.05) is 47.6 Å². The van der Waals surface area contributed by atoms with Gasteiger partial charge in [-0.2, -0.15) is 0 Å². The maximum atomic E-state index is 13.1. The molecule has 0 spiro atoms. The highest BCUT2D eigenvalue weighted by atomic mass is 16.6. The van der Waals surface area contributed by atoms with Crippen molar-refractivity contribution in [2.24, 2.45) is 5.41 Å². The lowest BCUT2D eigenvalue weighted by Crippen LogP contribution is -2.60. The van der Waals surface area contributed by atoms with Gasteiger partial charge in [-0.25, -0.2) is 5.01 Å². The van der Waals surface area contributed by atoms with Crippen LogP contribution in [0.2, 0.25) is 0 Å². The first-order valence-electron chi connectivity index (χ1n) is 10.6. The molecule has 1 unspecified atom stereocenters. The molecule has 1 aromatic carbocycles. The van der Waals surface area contributed by atoms with Gasteiger partial charge in [-0.05, 0) is 31.5 Å². The van der Waals surface area contributed by atoms with Gasteiger partial charge in [0.1, 0.15) is 0 Å². The predicted molar refractivity (Wildman–Crippen MR) is 112 cm³/mol. The van der Waals surface area contributed by atoms with Gasteiger partial charge >= 0.3 is 11.9 Å². The van der Waals surface area contributed by atoms with E-state index in [0.717, 1.165) is 0 Å². The van der Waals surface area contributed by atoms with E-state index in [1.165, 1.54) is 21.3 Å². The lowest BCUT2D eigenvalue weighted by atomic mass is 9.77. The summed E-state index contributed by atoms with van der Waals surface area (Å²) in [5, 5.41) is 3.34. The van der Waals surface area contributed by atoms with Crippen LogP contribution in [-0.4, -0.2) is 75.5 Å². The summed E-state index contributed by atoms with van der Waals surface area (Å²) >= 11 is 0. The van der Waals surface area contributed by atoms with Crippen LogP contribution >= 0.6 is 0 Å².